The van der Waals surface area contributed by atoms with E-state index in [2.05, 4.69) is 69.0 Å². The Morgan fingerprint density at radius 2 is 1.16 bits per heavy atom. The van der Waals surface area contributed by atoms with Crippen molar-refractivity contribution < 1.29 is 242 Å². The number of phenols is 1. The van der Waals surface area contributed by atoms with Gasteiger partial charge in [0.15, 0.2) is 25.4 Å². The molecule has 1 heterocycles. The molecule has 44 heteroatoms. The normalized spacial score (nSPS) is 12.0. The molecule has 0 saturated carbocycles. The number of hydrogen-bond donors (Lipinski definition) is 4. The Morgan fingerprint density at radius 1 is 0.608 bits per heavy atom. The molecule has 0 unspecified atom stereocenters. The molecule has 396 valence electrons. The second-order valence-corrected chi connectivity index (χ2v) is 23.7. The first-order valence-electron chi connectivity index (χ1n) is 19.1. The van der Waals surface area contributed by atoms with Crippen LogP contribution in [0.2, 0.25) is 5.28 Å². The van der Waals surface area contributed by atoms with Crippen LogP contribution < -0.4 is 175 Å². The van der Waals surface area contributed by atoms with Crippen LogP contribution in [0.1, 0.15) is 0 Å². The predicted molar refractivity (Wildman–Crippen MR) is 247 cm³/mol. The summed E-state index contributed by atoms with van der Waals surface area (Å²) in [5.41, 5.74) is 3.91. The van der Waals surface area contributed by atoms with Crippen molar-refractivity contribution in [1.82, 2.24) is 15.0 Å². The molecule has 0 aliphatic carbocycles. The van der Waals surface area contributed by atoms with Crippen molar-refractivity contribution in [3.8, 4) is 5.75 Å². The van der Waals surface area contributed by atoms with Crippen molar-refractivity contribution in [2.45, 2.75) is 24.5 Å². The Labute approximate surface area is 572 Å². The molecule has 0 bridgehead atoms. The summed E-state index contributed by atoms with van der Waals surface area (Å²) in [7, 11) is -24.2. The van der Waals surface area contributed by atoms with Crippen LogP contribution in [-0.4, -0.2) is 99.7 Å². The van der Waals surface area contributed by atoms with Crippen molar-refractivity contribution in [3.05, 3.63) is 84.1 Å². The second kappa shape index (κ2) is 33.1. The van der Waals surface area contributed by atoms with Gasteiger partial charge in [0.1, 0.15) is 43.0 Å². The van der Waals surface area contributed by atoms with E-state index in [1.54, 1.807) is 0 Å². The molecule has 0 fully saturated rings. The van der Waals surface area contributed by atoms with E-state index in [1.165, 1.54) is 24.3 Å². The number of anilines is 5. The van der Waals surface area contributed by atoms with Crippen molar-refractivity contribution >= 4 is 148 Å². The molecular formula is C35H26ClN10Na5O21S7. The summed E-state index contributed by atoms with van der Waals surface area (Å²) in [5.74, 6) is -3.16. The Bertz CT molecular complexity index is 3780. The molecule has 0 aliphatic rings. The van der Waals surface area contributed by atoms with Crippen LogP contribution in [0.4, 0.5) is 51.7 Å². The smallest absolute Gasteiger partial charge is 0.744 e. The van der Waals surface area contributed by atoms with Crippen molar-refractivity contribution in [2.24, 2.45) is 20.5 Å². The number of phenolic OH excluding ortho intramolecular Hbond substituents is 1. The van der Waals surface area contributed by atoms with Gasteiger partial charge in [-0.2, -0.15) is 23.6 Å². The molecule has 5 N–H and O–H groups in total. The predicted octanol–water partition coefficient (Wildman–Crippen LogP) is -11.8. The van der Waals surface area contributed by atoms with E-state index in [0.717, 1.165) is 48.5 Å². The topological polar surface area (TPSA) is 491 Å². The van der Waals surface area contributed by atoms with Crippen LogP contribution in [0, 0.1) is 0 Å². The first-order chi connectivity index (χ1) is 34.7. The number of nitrogen functional groups attached to an aromatic ring is 1. The molecule has 31 nitrogen and oxygen atoms in total. The average Bonchev–Trinajstić information content (AvgIpc) is 3.30. The van der Waals surface area contributed by atoms with Crippen molar-refractivity contribution in [3.63, 3.8) is 0 Å². The standard InChI is InChI=1S/C35H31ClN10O21S7.5Na/c36-33-40-34(38-18-1-4-20(5-2-18)70(50,51)13-11-63-74(60,61)62)42-35(41-33)39-19-3-10-28(72(54,55)56)26(15-19)44-46-31-27(69-67-65-49)17-23-22(32(31)47)7-8-24(37)30(23)45-43-25-9-6-21(16-29(25)73(57,58)59)71(52,53)14-12-68-66-64-48;;;;;/h1-10,15-17,47-49H,11-14,37H2,(H,54,55,56)(H,57,58,59)(H,60,61,62)(H2,38,39,40,41,42);;;;;/q;5*+1/p-5. The number of nitrogens with zero attached hydrogens (tertiary/aromatic N) is 7. The molecular weight excluding hydrogens is 1270 g/mol. The van der Waals surface area contributed by atoms with Gasteiger partial charge in [-0.3, -0.25) is 14.3 Å². The minimum Gasteiger partial charge on any atom is -0.744 e. The van der Waals surface area contributed by atoms with Gasteiger partial charge >= 0.3 is 148 Å². The van der Waals surface area contributed by atoms with E-state index in [4.69, 9.17) is 17.3 Å². The number of azo groups is 2. The van der Waals surface area contributed by atoms with Crippen LogP contribution >= 0.6 is 35.7 Å². The fourth-order valence-corrected chi connectivity index (χ4v) is 11.4. The molecule has 0 atom stereocenters. The fourth-order valence-electron chi connectivity index (χ4n) is 5.95. The molecule has 0 amide bonds. The molecule has 0 saturated heterocycles. The van der Waals surface area contributed by atoms with Gasteiger partial charge in [-0.05, 0) is 90.5 Å². The zero-order valence-corrected chi connectivity index (χ0v) is 57.4. The molecule has 5 aromatic carbocycles. The van der Waals surface area contributed by atoms with E-state index < -0.39 is 111 Å². The second-order valence-electron chi connectivity index (χ2n) is 13.9. The van der Waals surface area contributed by atoms with E-state index >= 15 is 0 Å². The van der Waals surface area contributed by atoms with Gasteiger partial charge < -0.3 is 45.6 Å². The minimum absolute atomic E-state index is 0. The van der Waals surface area contributed by atoms with E-state index in [-0.39, 0.29) is 221 Å². The van der Waals surface area contributed by atoms with E-state index in [0.29, 0.717) is 18.1 Å². The van der Waals surface area contributed by atoms with Gasteiger partial charge in [0, 0.05) is 39.9 Å². The van der Waals surface area contributed by atoms with Crippen molar-refractivity contribution in [2.75, 3.05) is 40.2 Å². The van der Waals surface area contributed by atoms with Crippen LogP contribution in [0.15, 0.2) is 124 Å². The Hall–Kier alpha value is -0.890. The number of nitrogens with two attached hydrogens (primary N) is 1. The maximum atomic E-state index is 12.8. The number of sulfone groups is 2. The summed E-state index contributed by atoms with van der Waals surface area (Å²) in [6.07, 6.45) is 0. The summed E-state index contributed by atoms with van der Waals surface area (Å²) < 4.78 is 169. The summed E-state index contributed by atoms with van der Waals surface area (Å²) in [6.45, 7) is -0.917. The number of aromatic hydroxyl groups is 1. The SMILES string of the molecule is Nc1ccc2c(O)c(N=Nc3cc(Nc4nc(Cl)nc(Nc5ccc(S(=O)(=O)CCOS(=O)(=O)[O-])cc5)n4)ccc3S(=O)(=O)[O-])c(SOO[O-])cc2c1N=Nc1ccc(S(=O)(=O)CCSOO[O-])cc1S(=O)(=O)[O-].[Na+].[Na+].[Na+].[Na+].[Na+]. The largest absolute Gasteiger partial charge is 1.00 e. The minimum atomic E-state index is -5.44. The summed E-state index contributed by atoms with van der Waals surface area (Å²) >= 11 is 6.57. The molecule has 1 aromatic heterocycles. The maximum absolute atomic E-state index is 12.8. The van der Waals surface area contributed by atoms with Gasteiger partial charge in [0.25, 0.3) is 0 Å². The third-order valence-electron chi connectivity index (χ3n) is 9.12. The Morgan fingerprint density at radius 3 is 1.76 bits per heavy atom. The van der Waals surface area contributed by atoms with Crippen LogP contribution in [0.5, 0.6) is 5.75 Å². The average molecular weight is 1300 g/mol. The van der Waals surface area contributed by atoms with Gasteiger partial charge in [-0.1, -0.05) is 0 Å². The molecule has 0 aliphatic heterocycles. The van der Waals surface area contributed by atoms with Crippen LogP contribution in [0.3, 0.4) is 0 Å². The van der Waals surface area contributed by atoms with Gasteiger partial charge in [0.2, 0.25) is 27.6 Å². The fraction of sp³-hybridized carbons (Fsp3) is 0.114. The molecule has 6 aromatic rings. The number of benzene rings is 5. The van der Waals surface area contributed by atoms with E-state index in [9.17, 15) is 71.4 Å². The van der Waals surface area contributed by atoms with Gasteiger partial charge in [-0.15, -0.1) is 20.5 Å². The summed E-state index contributed by atoms with van der Waals surface area (Å²) in [5, 5.41) is 59.4. The first kappa shape index (κ1) is 76.1. The Kier molecular flexibility index (Phi) is 31.9. The third-order valence-corrected chi connectivity index (χ3v) is 16.3. The first-order valence-corrected chi connectivity index (χ1v) is 28.6. The number of hydrogen-bond acceptors (Lipinski definition) is 33. The van der Waals surface area contributed by atoms with Crippen LogP contribution in [0.25, 0.3) is 10.8 Å². The zero-order chi connectivity index (χ0) is 54.2. The van der Waals surface area contributed by atoms with Gasteiger partial charge in [-0.25, -0.2) is 42.1 Å². The monoisotopic (exact) mass is 1300 g/mol. The zero-order valence-electron chi connectivity index (χ0n) is 40.9. The molecule has 0 radical (unpaired) electrons. The number of nitrogens with one attached hydrogen (secondary N) is 2. The number of halogens is 1. The van der Waals surface area contributed by atoms with Gasteiger partial charge in [0.05, 0.1) is 60.3 Å². The van der Waals surface area contributed by atoms with E-state index in [1.807, 2.05) is 0 Å². The molecule has 79 heavy (non-hydrogen) atoms. The maximum Gasteiger partial charge on any atom is 1.00 e. The van der Waals surface area contributed by atoms with Crippen LogP contribution in [-0.2, 0) is 73.2 Å². The third kappa shape index (κ3) is 21.8. The molecule has 0 spiro atoms. The summed E-state index contributed by atoms with van der Waals surface area (Å²) in [6, 6.07) is 13.6. The quantitative estimate of drug-likeness (QED) is 0.00503. The number of fused-ring (bicyclic) bond motifs is 1. The van der Waals surface area contributed by atoms with Crippen molar-refractivity contribution in [1.29, 1.82) is 0 Å². The Balaban J connectivity index is 0.00000624. The number of aromatic nitrogens is 3. The summed E-state index contributed by atoms with van der Waals surface area (Å²) in [4.78, 5) is 8.73. The molecule has 6 rings (SSSR count). The number of rotatable bonds is 24.